The highest BCUT2D eigenvalue weighted by atomic mass is 14.7. The van der Waals surface area contributed by atoms with E-state index in [1.54, 1.807) is 18.3 Å². The van der Waals surface area contributed by atoms with Crippen molar-refractivity contribution in [1.29, 1.82) is 5.26 Å². The predicted molar refractivity (Wildman–Crippen MR) is 47.7 cm³/mol. The fourth-order valence-electron chi connectivity index (χ4n) is 1.09. The fourth-order valence-corrected chi connectivity index (χ4v) is 1.09. The molecule has 12 heavy (non-hydrogen) atoms. The van der Waals surface area contributed by atoms with Gasteiger partial charge in [-0.3, -0.25) is 4.98 Å². The van der Waals surface area contributed by atoms with Gasteiger partial charge in [0.25, 0.3) is 0 Å². The highest BCUT2D eigenvalue weighted by Gasteiger charge is 2.18. The number of nitrogens with zero attached hydrogens (tertiary/aromatic N) is 2. The topological polar surface area (TPSA) is 36.7 Å². The van der Waals surface area contributed by atoms with Gasteiger partial charge in [0.15, 0.2) is 0 Å². The molecule has 0 saturated carbocycles. The van der Waals surface area contributed by atoms with E-state index in [4.69, 9.17) is 5.26 Å². The number of pyridine rings is 1. The highest BCUT2D eigenvalue weighted by Crippen LogP contribution is 2.22. The second kappa shape index (κ2) is 2.94. The van der Waals surface area contributed by atoms with E-state index >= 15 is 0 Å². The maximum Gasteiger partial charge on any atom is 0.101 e. The molecule has 2 heteroatoms. The molecule has 0 bridgehead atoms. The van der Waals surface area contributed by atoms with Gasteiger partial charge in [-0.2, -0.15) is 5.26 Å². The van der Waals surface area contributed by atoms with E-state index in [-0.39, 0.29) is 5.41 Å². The average Bonchev–Trinajstić information content (AvgIpc) is 2.03. The Morgan fingerprint density at radius 2 is 2.08 bits per heavy atom. The molecule has 0 atom stereocenters. The van der Waals surface area contributed by atoms with Crippen LogP contribution in [0.5, 0.6) is 0 Å². The van der Waals surface area contributed by atoms with Crippen LogP contribution in [0.15, 0.2) is 18.3 Å². The Bertz CT molecular complexity index is 315. The molecule has 0 amide bonds. The quantitative estimate of drug-likeness (QED) is 0.583. The number of hydrogen-bond donors (Lipinski definition) is 0. The van der Waals surface area contributed by atoms with Crippen molar-refractivity contribution in [3.63, 3.8) is 0 Å². The number of nitriles is 1. The smallest absolute Gasteiger partial charge is 0.101 e. The van der Waals surface area contributed by atoms with Crippen LogP contribution < -0.4 is 0 Å². The van der Waals surface area contributed by atoms with Gasteiger partial charge in [-0.25, -0.2) is 0 Å². The average molecular weight is 160 g/mol. The van der Waals surface area contributed by atoms with Crippen molar-refractivity contribution in [1.82, 2.24) is 4.98 Å². The van der Waals surface area contributed by atoms with Crippen LogP contribution in [-0.4, -0.2) is 4.98 Å². The molecule has 2 nitrogen and oxygen atoms in total. The van der Waals surface area contributed by atoms with Gasteiger partial charge >= 0.3 is 0 Å². The molecule has 62 valence electrons. The van der Waals surface area contributed by atoms with Crippen LogP contribution in [0, 0.1) is 11.3 Å². The summed E-state index contributed by atoms with van der Waals surface area (Å²) in [6.07, 6.45) is 1.72. The van der Waals surface area contributed by atoms with Crippen molar-refractivity contribution >= 4 is 0 Å². The standard InChI is InChI=1S/C10H12N2/c1-10(2,3)9-8(7-11)5-4-6-12-9/h4-6H,1-3H3. The molecular weight excluding hydrogens is 148 g/mol. The molecule has 0 aliphatic heterocycles. The molecule has 0 aromatic carbocycles. The maximum atomic E-state index is 8.79. The van der Waals surface area contributed by atoms with Crippen molar-refractivity contribution in [2.75, 3.05) is 0 Å². The van der Waals surface area contributed by atoms with E-state index in [1.807, 2.05) is 0 Å². The van der Waals surface area contributed by atoms with Gasteiger partial charge in [0.1, 0.15) is 6.07 Å². The summed E-state index contributed by atoms with van der Waals surface area (Å²) < 4.78 is 0. The van der Waals surface area contributed by atoms with Gasteiger partial charge in [-0.15, -0.1) is 0 Å². The van der Waals surface area contributed by atoms with Crippen LogP contribution in [0.2, 0.25) is 0 Å². The summed E-state index contributed by atoms with van der Waals surface area (Å²) in [7, 11) is 0. The van der Waals surface area contributed by atoms with Crippen LogP contribution >= 0.6 is 0 Å². The molecule has 1 rings (SSSR count). The zero-order chi connectivity index (χ0) is 9.19. The number of rotatable bonds is 0. The van der Waals surface area contributed by atoms with Crippen molar-refractivity contribution in [3.8, 4) is 6.07 Å². The number of hydrogen-bond acceptors (Lipinski definition) is 2. The molecule has 1 heterocycles. The lowest BCUT2D eigenvalue weighted by Crippen LogP contribution is -2.15. The normalized spacial score (nSPS) is 10.8. The predicted octanol–water partition coefficient (Wildman–Crippen LogP) is 2.25. The Hall–Kier alpha value is -1.36. The molecule has 0 radical (unpaired) electrons. The summed E-state index contributed by atoms with van der Waals surface area (Å²) >= 11 is 0. The molecule has 1 aromatic rings. The van der Waals surface area contributed by atoms with Crippen LogP contribution in [-0.2, 0) is 5.41 Å². The van der Waals surface area contributed by atoms with Gasteiger partial charge in [0.05, 0.1) is 11.3 Å². The minimum atomic E-state index is -0.0493. The summed E-state index contributed by atoms with van der Waals surface area (Å²) in [5, 5.41) is 8.79. The Kier molecular flexibility index (Phi) is 2.14. The van der Waals surface area contributed by atoms with Crippen LogP contribution in [0.1, 0.15) is 32.0 Å². The van der Waals surface area contributed by atoms with Crippen LogP contribution in [0.3, 0.4) is 0 Å². The second-order valence-corrected chi connectivity index (χ2v) is 3.76. The van der Waals surface area contributed by atoms with Crippen molar-refractivity contribution < 1.29 is 0 Å². The first-order chi connectivity index (χ1) is 5.55. The largest absolute Gasteiger partial charge is 0.259 e. The summed E-state index contributed by atoms with van der Waals surface area (Å²) in [6, 6.07) is 5.72. The third-order valence-electron chi connectivity index (χ3n) is 1.64. The molecule has 0 spiro atoms. The summed E-state index contributed by atoms with van der Waals surface area (Å²) in [5.41, 5.74) is 1.49. The van der Waals surface area contributed by atoms with E-state index in [2.05, 4.69) is 31.8 Å². The first-order valence-corrected chi connectivity index (χ1v) is 3.91. The highest BCUT2D eigenvalue weighted by molar-refractivity contribution is 5.36. The van der Waals surface area contributed by atoms with Crippen molar-refractivity contribution in [2.45, 2.75) is 26.2 Å². The molecule has 1 aromatic heterocycles. The second-order valence-electron chi connectivity index (χ2n) is 3.76. The maximum absolute atomic E-state index is 8.79. The first kappa shape index (κ1) is 8.73. The zero-order valence-corrected chi connectivity index (χ0v) is 7.63. The van der Waals surface area contributed by atoms with E-state index in [0.717, 1.165) is 5.69 Å². The summed E-state index contributed by atoms with van der Waals surface area (Å²) in [4.78, 5) is 4.20. The molecule has 0 fully saturated rings. The van der Waals surface area contributed by atoms with E-state index in [1.165, 1.54) is 0 Å². The molecule has 0 aliphatic rings. The fraction of sp³-hybridized carbons (Fsp3) is 0.400. The Morgan fingerprint density at radius 1 is 1.42 bits per heavy atom. The minimum Gasteiger partial charge on any atom is -0.259 e. The Labute approximate surface area is 72.9 Å². The SMILES string of the molecule is CC(C)(C)c1ncccc1C#N. The summed E-state index contributed by atoms with van der Waals surface area (Å²) in [5.74, 6) is 0. The Morgan fingerprint density at radius 3 is 2.50 bits per heavy atom. The third-order valence-corrected chi connectivity index (χ3v) is 1.64. The lowest BCUT2D eigenvalue weighted by Gasteiger charge is -2.18. The molecule has 0 saturated heterocycles. The van der Waals surface area contributed by atoms with Gasteiger partial charge in [-0.05, 0) is 12.1 Å². The lowest BCUT2D eigenvalue weighted by atomic mass is 9.89. The van der Waals surface area contributed by atoms with E-state index < -0.39 is 0 Å². The summed E-state index contributed by atoms with van der Waals surface area (Å²) in [6.45, 7) is 6.16. The van der Waals surface area contributed by atoms with Crippen LogP contribution in [0.4, 0.5) is 0 Å². The Balaban J connectivity index is 3.26. The molecular formula is C10H12N2. The zero-order valence-electron chi connectivity index (χ0n) is 7.63. The van der Waals surface area contributed by atoms with Crippen molar-refractivity contribution in [3.05, 3.63) is 29.6 Å². The van der Waals surface area contributed by atoms with E-state index in [9.17, 15) is 0 Å². The first-order valence-electron chi connectivity index (χ1n) is 3.91. The minimum absolute atomic E-state index is 0.0493. The lowest BCUT2D eigenvalue weighted by molar-refractivity contribution is 0.567. The van der Waals surface area contributed by atoms with Gasteiger partial charge in [0, 0.05) is 11.6 Å². The molecule has 0 unspecified atom stereocenters. The molecule has 0 N–H and O–H groups in total. The molecule has 0 aliphatic carbocycles. The number of aromatic nitrogens is 1. The van der Waals surface area contributed by atoms with Gasteiger partial charge in [0.2, 0.25) is 0 Å². The monoisotopic (exact) mass is 160 g/mol. The third kappa shape index (κ3) is 1.62. The van der Waals surface area contributed by atoms with Gasteiger partial charge in [-0.1, -0.05) is 20.8 Å². The van der Waals surface area contributed by atoms with Gasteiger partial charge < -0.3 is 0 Å². The van der Waals surface area contributed by atoms with Crippen LogP contribution in [0.25, 0.3) is 0 Å². The van der Waals surface area contributed by atoms with E-state index in [0.29, 0.717) is 5.56 Å². The van der Waals surface area contributed by atoms with Crippen molar-refractivity contribution in [2.24, 2.45) is 0 Å².